The van der Waals surface area contributed by atoms with Crippen LogP contribution >= 0.6 is 23.2 Å². The Bertz CT molecular complexity index is 587. The molecule has 1 atom stereocenters. The summed E-state index contributed by atoms with van der Waals surface area (Å²) >= 11 is 11.8. The second-order valence-electron chi connectivity index (χ2n) is 6.19. The van der Waals surface area contributed by atoms with Gasteiger partial charge in [0, 0.05) is 10.6 Å². The van der Waals surface area contributed by atoms with Crippen molar-refractivity contribution in [1.82, 2.24) is 0 Å². The fraction of sp³-hybridized carbons (Fsp3) is 0.562. The predicted molar refractivity (Wildman–Crippen MR) is 81.7 cm³/mol. The number of halogens is 3. The van der Waals surface area contributed by atoms with E-state index in [-0.39, 0.29) is 15.6 Å². The molecule has 1 aromatic carbocycles. The highest BCUT2D eigenvalue weighted by Crippen LogP contribution is 2.52. The van der Waals surface area contributed by atoms with Crippen molar-refractivity contribution in [1.29, 1.82) is 5.26 Å². The Kier molecular flexibility index (Phi) is 4.54. The molecule has 0 heterocycles. The Labute approximate surface area is 134 Å². The van der Waals surface area contributed by atoms with Gasteiger partial charge in [0.2, 0.25) is 0 Å². The molecule has 0 bridgehead atoms. The first kappa shape index (κ1) is 16.5. The van der Waals surface area contributed by atoms with E-state index in [2.05, 4.69) is 13.0 Å². The van der Waals surface area contributed by atoms with Gasteiger partial charge in [0.1, 0.15) is 11.4 Å². The molecule has 1 aliphatic carbocycles. The Balaban J connectivity index is 2.50. The van der Waals surface area contributed by atoms with Gasteiger partial charge in [-0.3, -0.25) is 0 Å². The smallest absolute Gasteiger partial charge is 0.142 e. The highest BCUT2D eigenvalue weighted by Gasteiger charge is 2.51. The molecule has 1 aliphatic rings. The molecule has 2 rings (SSSR count). The number of benzene rings is 1. The monoisotopic (exact) mass is 329 g/mol. The Morgan fingerprint density at radius 3 is 2.43 bits per heavy atom. The third kappa shape index (κ3) is 2.77. The zero-order valence-electron chi connectivity index (χ0n) is 12.1. The van der Waals surface area contributed by atoms with Crippen LogP contribution in [0, 0.1) is 28.5 Å². The fourth-order valence-corrected chi connectivity index (χ4v) is 3.68. The molecule has 1 saturated carbocycles. The Morgan fingerprint density at radius 2 is 1.90 bits per heavy atom. The summed E-state index contributed by atoms with van der Waals surface area (Å²) in [6.45, 7) is 3.67. The predicted octanol–water partition coefficient (Wildman–Crippen LogP) is 5.06. The van der Waals surface area contributed by atoms with Crippen molar-refractivity contribution in [3.63, 3.8) is 0 Å². The van der Waals surface area contributed by atoms with Crippen LogP contribution in [0.25, 0.3) is 0 Å². The molecule has 114 valence electrons. The van der Waals surface area contributed by atoms with Crippen LogP contribution in [0.1, 0.15) is 45.1 Å². The van der Waals surface area contributed by atoms with E-state index >= 15 is 0 Å². The second kappa shape index (κ2) is 5.76. The molecular formula is C16H18Cl2FNO. The quantitative estimate of drug-likeness (QED) is 0.770. The summed E-state index contributed by atoms with van der Waals surface area (Å²) in [7, 11) is 0. The van der Waals surface area contributed by atoms with Gasteiger partial charge < -0.3 is 5.11 Å². The molecule has 1 aromatic rings. The van der Waals surface area contributed by atoms with Crippen LogP contribution in [0.3, 0.4) is 0 Å². The summed E-state index contributed by atoms with van der Waals surface area (Å²) in [6, 6.07) is 4.69. The van der Waals surface area contributed by atoms with Gasteiger partial charge >= 0.3 is 0 Å². The molecule has 0 amide bonds. The first-order valence-electron chi connectivity index (χ1n) is 7.02. The average Bonchev–Trinajstić information content (AvgIpc) is 2.43. The largest absolute Gasteiger partial charge is 0.384 e. The molecule has 1 unspecified atom stereocenters. The van der Waals surface area contributed by atoms with Crippen molar-refractivity contribution in [2.24, 2.45) is 11.3 Å². The van der Waals surface area contributed by atoms with Gasteiger partial charge in [-0.05, 0) is 50.7 Å². The fourth-order valence-electron chi connectivity index (χ4n) is 3.12. The van der Waals surface area contributed by atoms with Gasteiger partial charge in [-0.15, -0.1) is 0 Å². The molecule has 0 spiro atoms. The van der Waals surface area contributed by atoms with Gasteiger partial charge in [-0.25, -0.2) is 4.39 Å². The normalized spacial score (nSPS) is 28.7. The van der Waals surface area contributed by atoms with Gasteiger partial charge in [0.15, 0.2) is 0 Å². The average molecular weight is 330 g/mol. The van der Waals surface area contributed by atoms with Crippen LogP contribution in [-0.2, 0) is 5.60 Å². The van der Waals surface area contributed by atoms with Crippen molar-refractivity contribution in [2.75, 3.05) is 0 Å². The molecule has 0 radical (unpaired) electrons. The van der Waals surface area contributed by atoms with Gasteiger partial charge in [-0.1, -0.05) is 30.1 Å². The van der Waals surface area contributed by atoms with Gasteiger partial charge in [-0.2, -0.15) is 5.26 Å². The molecule has 2 nitrogen and oxygen atoms in total. The topological polar surface area (TPSA) is 44.0 Å². The maximum atomic E-state index is 13.8. The van der Waals surface area contributed by atoms with Gasteiger partial charge in [0.25, 0.3) is 0 Å². The molecule has 1 N–H and O–H groups in total. The van der Waals surface area contributed by atoms with E-state index in [4.69, 9.17) is 23.2 Å². The van der Waals surface area contributed by atoms with Crippen LogP contribution in [-0.4, -0.2) is 5.11 Å². The minimum absolute atomic E-state index is 0.0946. The lowest BCUT2D eigenvalue weighted by Crippen LogP contribution is -2.45. The summed E-state index contributed by atoms with van der Waals surface area (Å²) in [5, 5.41) is 20.8. The first-order valence-corrected chi connectivity index (χ1v) is 7.78. The van der Waals surface area contributed by atoms with Crippen LogP contribution in [0.2, 0.25) is 10.0 Å². The Morgan fingerprint density at radius 1 is 1.33 bits per heavy atom. The minimum Gasteiger partial charge on any atom is -0.384 e. The molecule has 0 aliphatic heterocycles. The lowest BCUT2D eigenvalue weighted by Gasteiger charge is -2.44. The van der Waals surface area contributed by atoms with Crippen molar-refractivity contribution in [3.8, 4) is 6.07 Å². The SMILES string of the molecule is CC1CCC(C#N)(C(C)(O)c2cc(F)c(Cl)cc2Cl)CC1. The van der Waals surface area contributed by atoms with E-state index in [0.717, 1.165) is 18.9 Å². The van der Waals surface area contributed by atoms with Crippen molar-refractivity contribution < 1.29 is 9.50 Å². The highest BCUT2D eigenvalue weighted by molar-refractivity contribution is 6.35. The van der Waals surface area contributed by atoms with E-state index in [1.165, 1.54) is 6.07 Å². The van der Waals surface area contributed by atoms with E-state index in [1.54, 1.807) is 6.92 Å². The second-order valence-corrected chi connectivity index (χ2v) is 7.01. The van der Waals surface area contributed by atoms with Crippen LogP contribution < -0.4 is 0 Å². The standard InChI is InChI=1S/C16H18Cl2FNO/c1-10-3-5-16(9-20,6-4-10)15(2,21)11-7-14(19)13(18)8-12(11)17/h7-8,10,21H,3-6H2,1-2H3. The third-order valence-electron chi connectivity index (χ3n) is 4.81. The number of nitriles is 1. The van der Waals surface area contributed by atoms with E-state index in [0.29, 0.717) is 18.8 Å². The van der Waals surface area contributed by atoms with Crippen LogP contribution in [0.4, 0.5) is 4.39 Å². The van der Waals surface area contributed by atoms with E-state index in [1.807, 2.05) is 0 Å². The van der Waals surface area contributed by atoms with Gasteiger partial charge in [0.05, 0.1) is 16.5 Å². The summed E-state index contributed by atoms with van der Waals surface area (Å²) in [5.41, 5.74) is -2.25. The number of hydrogen-bond acceptors (Lipinski definition) is 2. The third-order valence-corrected chi connectivity index (χ3v) is 5.41. The van der Waals surface area contributed by atoms with Crippen LogP contribution in [0.5, 0.6) is 0 Å². The summed E-state index contributed by atoms with van der Waals surface area (Å²) < 4.78 is 13.8. The molecular weight excluding hydrogens is 312 g/mol. The number of nitrogens with zero attached hydrogens (tertiary/aromatic N) is 1. The maximum absolute atomic E-state index is 13.8. The number of rotatable bonds is 2. The Hall–Kier alpha value is -0.820. The van der Waals surface area contributed by atoms with Crippen molar-refractivity contribution in [2.45, 2.75) is 45.1 Å². The summed E-state index contributed by atoms with van der Waals surface area (Å²) in [5.74, 6) is -0.117. The maximum Gasteiger partial charge on any atom is 0.142 e. The number of aliphatic hydroxyl groups is 1. The van der Waals surface area contributed by atoms with E-state index in [9.17, 15) is 14.8 Å². The molecule has 21 heavy (non-hydrogen) atoms. The molecule has 5 heteroatoms. The molecule has 1 fully saturated rings. The first-order chi connectivity index (χ1) is 9.73. The van der Waals surface area contributed by atoms with Crippen molar-refractivity contribution >= 4 is 23.2 Å². The summed E-state index contributed by atoms with van der Waals surface area (Å²) in [4.78, 5) is 0. The lowest BCUT2D eigenvalue weighted by molar-refractivity contribution is -0.0687. The highest BCUT2D eigenvalue weighted by atomic mass is 35.5. The lowest BCUT2D eigenvalue weighted by atomic mass is 9.61. The molecule has 0 saturated heterocycles. The zero-order chi connectivity index (χ0) is 15.8. The minimum atomic E-state index is -1.52. The van der Waals surface area contributed by atoms with Crippen molar-refractivity contribution in [3.05, 3.63) is 33.6 Å². The van der Waals surface area contributed by atoms with Crippen LogP contribution in [0.15, 0.2) is 12.1 Å². The summed E-state index contributed by atoms with van der Waals surface area (Å²) in [6.07, 6.45) is 2.85. The van der Waals surface area contributed by atoms with E-state index < -0.39 is 16.8 Å². The zero-order valence-corrected chi connectivity index (χ0v) is 13.6. The number of hydrogen-bond donors (Lipinski definition) is 1. The molecule has 0 aromatic heterocycles.